The first-order chi connectivity index (χ1) is 6.34. The van der Waals surface area contributed by atoms with Crippen LogP contribution in [0.1, 0.15) is 44.4 Å². The van der Waals surface area contributed by atoms with Crippen molar-refractivity contribution in [2.75, 3.05) is 0 Å². The number of nitrogens with zero attached hydrogens (tertiary/aromatic N) is 3. The second-order valence-corrected chi connectivity index (χ2v) is 3.92. The lowest BCUT2D eigenvalue weighted by atomic mass is 10.1. The van der Waals surface area contributed by atoms with Gasteiger partial charge >= 0.3 is 0 Å². The SMILES string of the molecule is CC(C)n1ncnc1C(=O)C(C)(C)F. The minimum atomic E-state index is -1.90. The molecule has 0 saturated carbocycles. The van der Waals surface area contributed by atoms with Gasteiger partial charge < -0.3 is 0 Å². The molecule has 1 aromatic rings. The van der Waals surface area contributed by atoms with Crippen LogP contribution < -0.4 is 0 Å². The monoisotopic (exact) mass is 199 g/mol. The molecule has 78 valence electrons. The summed E-state index contributed by atoms with van der Waals surface area (Å²) in [4.78, 5) is 15.3. The van der Waals surface area contributed by atoms with Crippen molar-refractivity contribution in [3.05, 3.63) is 12.2 Å². The number of halogens is 1. The van der Waals surface area contributed by atoms with Gasteiger partial charge in [-0.3, -0.25) is 4.79 Å². The summed E-state index contributed by atoms with van der Waals surface area (Å²) in [7, 11) is 0. The summed E-state index contributed by atoms with van der Waals surface area (Å²) < 4.78 is 14.8. The maximum atomic E-state index is 13.4. The topological polar surface area (TPSA) is 47.8 Å². The molecule has 0 radical (unpaired) electrons. The molecule has 0 spiro atoms. The Morgan fingerprint density at radius 3 is 2.57 bits per heavy atom. The van der Waals surface area contributed by atoms with Crippen molar-refractivity contribution in [2.45, 2.75) is 39.4 Å². The van der Waals surface area contributed by atoms with Crippen LogP contribution in [0.3, 0.4) is 0 Å². The Labute approximate surface area is 82.1 Å². The van der Waals surface area contributed by atoms with Gasteiger partial charge in [0.15, 0.2) is 11.5 Å². The third kappa shape index (κ3) is 1.97. The summed E-state index contributed by atoms with van der Waals surface area (Å²) in [5.74, 6) is -0.559. The van der Waals surface area contributed by atoms with Crippen LogP contribution in [0.15, 0.2) is 6.33 Å². The first kappa shape index (κ1) is 10.8. The van der Waals surface area contributed by atoms with Crippen LogP contribution in [-0.4, -0.2) is 26.2 Å². The van der Waals surface area contributed by atoms with E-state index in [-0.39, 0.29) is 11.9 Å². The normalized spacial score (nSPS) is 12.1. The first-order valence-corrected chi connectivity index (χ1v) is 4.47. The van der Waals surface area contributed by atoms with Crippen molar-refractivity contribution in [3.63, 3.8) is 0 Å². The summed E-state index contributed by atoms with van der Waals surface area (Å²) in [6.07, 6.45) is 1.26. The molecular weight excluding hydrogens is 185 g/mol. The van der Waals surface area contributed by atoms with Crippen molar-refractivity contribution < 1.29 is 9.18 Å². The molecule has 5 heteroatoms. The van der Waals surface area contributed by atoms with Gasteiger partial charge in [-0.15, -0.1) is 0 Å². The third-order valence-corrected chi connectivity index (χ3v) is 1.81. The van der Waals surface area contributed by atoms with Crippen LogP contribution in [0.2, 0.25) is 0 Å². The predicted molar refractivity (Wildman–Crippen MR) is 49.9 cm³/mol. The molecule has 0 aliphatic heterocycles. The molecule has 0 unspecified atom stereocenters. The second-order valence-electron chi connectivity index (χ2n) is 3.92. The number of hydrogen-bond donors (Lipinski definition) is 0. The summed E-state index contributed by atoms with van der Waals surface area (Å²) >= 11 is 0. The average Bonchev–Trinajstić information content (AvgIpc) is 2.48. The van der Waals surface area contributed by atoms with E-state index in [0.717, 1.165) is 0 Å². The molecule has 0 aromatic carbocycles. The Balaban J connectivity index is 3.08. The molecule has 0 aliphatic carbocycles. The molecule has 0 amide bonds. The molecule has 0 fully saturated rings. The zero-order valence-electron chi connectivity index (χ0n) is 8.78. The van der Waals surface area contributed by atoms with Crippen molar-refractivity contribution in [1.29, 1.82) is 0 Å². The summed E-state index contributed by atoms with van der Waals surface area (Å²) in [5, 5.41) is 3.87. The lowest BCUT2D eigenvalue weighted by Crippen LogP contribution is -2.29. The Morgan fingerprint density at radius 1 is 1.57 bits per heavy atom. The molecular formula is C9H14FN3O. The van der Waals surface area contributed by atoms with Crippen molar-refractivity contribution >= 4 is 5.78 Å². The van der Waals surface area contributed by atoms with Gasteiger partial charge in [-0.1, -0.05) is 0 Å². The van der Waals surface area contributed by atoms with Crippen LogP contribution in [0.25, 0.3) is 0 Å². The fraction of sp³-hybridized carbons (Fsp3) is 0.667. The van der Waals surface area contributed by atoms with E-state index in [1.807, 2.05) is 13.8 Å². The zero-order chi connectivity index (χ0) is 10.9. The third-order valence-electron chi connectivity index (χ3n) is 1.81. The van der Waals surface area contributed by atoms with Gasteiger partial charge in [0, 0.05) is 6.04 Å². The van der Waals surface area contributed by atoms with E-state index < -0.39 is 11.5 Å². The number of alkyl halides is 1. The zero-order valence-corrected chi connectivity index (χ0v) is 8.78. The number of carbonyl (C=O) groups is 1. The maximum Gasteiger partial charge on any atom is 0.236 e. The first-order valence-electron chi connectivity index (χ1n) is 4.47. The van der Waals surface area contributed by atoms with Crippen LogP contribution in [0.4, 0.5) is 4.39 Å². The van der Waals surface area contributed by atoms with E-state index >= 15 is 0 Å². The van der Waals surface area contributed by atoms with Gasteiger partial charge in [0.25, 0.3) is 0 Å². The minimum Gasteiger partial charge on any atom is -0.287 e. The Bertz CT molecular complexity index is 338. The largest absolute Gasteiger partial charge is 0.287 e. The quantitative estimate of drug-likeness (QED) is 0.697. The van der Waals surface area contributed by atoms with Crippen LogP contribution in [0.5, 0.6) is 0 Å². The van der Waals surface area contributed by atoms with Crippen LogP contribution >= 0.6 is 0 Å². The summed E-state index contributed by atoms with van der Waals surface area (Å²) in [5.41, 5.74) is -1.90. The van der Waals surface area contributed by atoms with E-state index in [9.17, 15) is 9.18 Å². The van der Waals surface area contributed by atoms with E-state index in [1.54, 1.807) is 0 Å². The molecule has 1 heterocycles. The number of ketones is 1. The smallest absolute Gasteiger partial charge is 0.236 e. The lowest BCUT2D eigenvalue weighted by molar-refractivity contribution is 0.0740. The van der Waals surface area contributed by atoms with E-state index in [2.05, 4.69) is 10.1 Å². The van der Waals surface area contributed by atoms with Gasteiger partial charge in [0.05, 0.1) is 0 Å². The van der Waals surface area contributed by atoms with Crippen LogP contribution in [0, 0.1) is 0 Å². The van der Waals surface area contributed by atoms with Crippen LogP contribution in [-0.2, 0) is 0 Å². The molecule has 14 heavy (non-hydrogen) atoms. The Kier molecular flexibility index (Phi) is 2.69. The molecule has 4 nitrogen and oxygen atoms in total. The summed E-state index contributed by atoms with van der Waals surface area (Å²) in [6, 6.07) is -0.00111. The van der Waals surface area contributed by atoms with Crippen molar-refractivity contribution in [1.82, 2.24) is 14.8 Å². The highest BCUT2D eigenvalue weighted by Crippen LogP contribution is 2.16. The highest BCUT2D eigenvalue weighted by atomic mass is 19.1. The molecule has 0 saturated heterocycles. The Hall–Kier alpha value is -1.26. The highest BCUT2D eigenvalue weighted by molar-refractivity contribution is 5.98. The number of carbonyl (C=O) groups excluding carboxylic acids is 1. The molecule has 0 bridgehead atoms. The molecule has 0 atom stereocenters. The van der Waals surface area contributed by atoms with Gasteiger partial charge in [0.1, 0.15) is 6.33 Å². The lowest BCUT2D eigenvalue weighted by Gasteiger charge is -2.14. The van der Waals surface area contributed by atoms with Crippen molar-refractivity contribution in [2.24, 2.45) is 0 Å². The number of aromatic nitrogens is 3. The fourth-order valence-electron chi connectivity index (χ4n) is 1.06. The van der Waals surface area contributed by atoms with E-state index in [1.165, 1.54) is 24.9 Å². The van der Waals surface area contributed by atoms with Gasteiger partial charge in [-0.2, -0.15) is 5.10 Å². The van der Waals surface area contributed by atoms with Gasteiger partial charge in [-0.25, -0.2) is 14.1 Å². The molecule has 1 rings (SSSR count). The fourth-order valence-corrected chi connectivity index (χ4v) is 1.06. The second kappa shape index (κ2) is 3.48. The molecule has 0 aliphatic rings. The average molecular weight is 199 g/mol. The standard InChI is InChI=1S/C9H14FN3O/c1-6(2)13-8(11-5-12-13)7(14)9(3,4)10/h5-6H,1-4H3. The molecule has 0 N–H and O–H groups in total. The minimum absolute atomic E-state index is 0.00111. The highest BCUT2D eigenvalue weighted by Gasteiger charge is 2.32. The Morgan fingerprint density at radius 2 is 2.14 bits per heavy atom. The summed E-state index contributed by atoms with van der Waals surface area (Å²) in [6.45, 7) is 6.15. The number of rotatable bonds is 3. The van der Waals surface area contributed by atoms with Gasteiger partial charge in [0.2, 0.25) is 5.78 Å². The predicted octanol–water partition coefficient (Wildman–Crippen LogP) is 1.79. The van der Waals surface area contributed by atoms with Gasteiger partial charge in [-0.05, 0) is 27.7 Å². The maximum absolute atomic E-state index is 13.4. The van der Waals surface area contributed by atoms with Crippen molar-refractivity contribution in [3.8, 4) is 0 Å². The number of hydrogen-bond acceptors (Lipinski definition) is 3. The number of Topliss-reactive ketones (excluding diaryl/α,β-unsaturated/α-hetero) is 1. The molecule has 1 aromatic heterocycles. The van der Waals surface area contributed by atoms with E-state index in [4.69, 9.17) is 0 Å². The van der Waals surface area contributed by atoms with E-state index in [0.29, 0.717) is 0 Å².